The molecule has 0 bridgehead atoms. The molecule has 1 rings (SSSR count). The Labute approximate surface area is 94.0 Å². The van der Waals surface area contributed by atoms with E-state index in [1.165, 1.54) is 38.5 Å². The van der Waals surface area contributed by atoms with Gasteiger partial charge in [0.1, 0.15) is 0 Å². The average Bonchev–Trinajstić information content (AvgIpc) is 2.45. The van der Waals surface area contributed by atoms with Gasteiger partial charge in [0, 0.05) is 7.11 Å². The number of ether oxygens (including phenoxy) is 1. The van der Waals surface area contributed by atoms with Crippen LogP contribution in [0.1, 0.15) is 52.4 Å². The van der Waals surface area contributed by atoms with Gasteiger partial charge in [0.2, 0.25) is 0 Å². The van der Waals surface area contributed by atoms with Crippen molar-refractivity contribution < 1.29 is 9.84 Å². The van der Waals surface area contributed by atoms with Crippen LogP contribution < -0.4 is 0 Å². The molecule has 0 aliphatic heterocycles. The topological polar surface area (TPSA) is 29.5 Å². The van der Waals surface area contributed by atoms with Gasteiger partial charge in [-0.2, -0.15) is 0 Å². The Morgan fingerprint density at radius 3 is 2.00 bits per heavy atom. The smallest absolute Gasteiger partial charge is 0.0855 e. The summed E-state index contributed by atoms with van der Waals surface area (Å²) in [5.74, 6) is 0.855. The zero-order valence-corrected chi connectivity index (χ0v) is 10.4. The molecule has 90 valence electrons. The molecule has 2 nitrogen and oxygen atoms in total. The quantitative estimate of drug-likeness (QED) is 0.729. The molecule has 1 N–H and O–H groups in total. The third kappa shape index (κ3) is 3.76. The lowest BCUT2D eigenvalue weighted by atomic mass is 9.86. The molecule has 15 heavy (non-hydrogen) atoms. The molecule has 1 fully saturated rings. The highest BCUT2D eigenvalue weighted by molar-refractivity contribution is 4.80. The predicted octanol–water partition coefficient (Wildman–Crippen LogP) is 2.99. The van der Waals surface area contributed by atoms with Crippen LogP contribution in [-0.2, 0) is 4.74 Å². The van der Waals surface area contributed by atoms with Crippen molar-refractivity contribution in [2.75, 3.05) is 7.11 Å². The van der Waals surface area contributed by atoms with Gasteiger partial charge in [-0.3, -0.25) is 0 Å². The highest BCUT2D eigenvalue weighted by Gasteiger charge is 2.29. The van der Waals surface area contributed by atoms with Crippen molar-refractivity contribution in [1.29, 1.82) is 0 Å². The van der Waals surface area contributed by atoms with Gasteiger partial charge in [0.25, 0.3) is 0 Å². The number of rotatable bonds is 4. The van der Waals surface area contributed by atoms with Gasteiger partial charge >= 0.3 is 0 Å². The van der Waals surface area contributed by atoms with E-state index in [9.17, 15) is 5.11 Å². The minimum absolute atomic E-state index is 0.00750. The minimum Gasteiger partial charge on any atom is -0.390 e. The van der Waals surface area contributed by atoms with Gasteiger partial charge in [-0.15, -0.1) is 0 Å². The largest absolute Gasteiger partial charge is 0.390 e. The second kappa shape index (κ2) is 6.49. The lowest BCUT2D eigenvalue weighted by Gasteiger charge is -2.30. The van der Waals surface area contributed by atoms with E-state index in [1.807, 2.05) is 0 Å². The molecule has 2 unspecified atom stereocenters. The molecule has 0 amide bonds. The van der Waals surface area contributed by atoms with E-state index in [2.05, 4.69) is 13.8 Å². The van der Waals surface area contributed by atoms with Crippen LogP contribution in [0, 0.1) is 11.8 Å². The third-order valence-electron chi connectivity index (χ3n) is 3.65. The van der Waals surface area contributed by atoms with E-state index in [0.29, 0.717) is 11.8 Å². The molecule has 0 saturated heterocycles. The molecule has 1 saturated carbocycles. The summed E-state index contributed by atoms with van der Waals surface area (Å²) in [6.07, 6.45) is 7.31. The molecular weight excluding hydrogens is 188 g/mol. The van der Waals surface area contributed by atoms with Crippen molar-refractivity contribution in [3.05, 3.63) is 0 Å². The van der Waals surface area contributed by atoms with Gasteiger partial charge < -0.3 is 9.84 Å². The molecule has 0 heterocycles. The maximum Gasteiger partial charge on any atom is 0.0855 e. The van der Waals surface area contributed by atoms with Crippen LogP contribution in [-0.4, -0.2) is 24.4 Å². The Kier molecular flexibility index (Phi) is 5.62. The van der Waals surface area contributed by atoms with Crippen LogP contribution in [0.3, 0.4) is 0 Å². The summed E-state index contributed by atoms with van der Waals surface area (Å²) < 4.78 is 5.42. The maximum atomic E-state index is 10.3. The summed E-state index contributed by atoms with van der Waals surface area (Å²) in [4.78, 5) is 0. The van der Waals surface area contributed by atoms with E-state index >= 15 is 0 Å². The number of aliphatic hydroxyl groups excluding tert-OH is 1. The van der Waals surface area contributed by atoms with Crippen molar-refractivity contribution in [2.45, 2.75) is 64.6 Å². The molecular formula is C13H26O2. The summed E-state index contributed by atoms with van der Waals surface area (Å²) in [5.41, 5.74) is 0. The molecule has 0 aromatic carbocycles. The Morgan fingerprint density at radius 1 is 1.07 bits per heavy atom. The van der Waals surface area contributed by atoms with Gasteiger partial charge in [0.15, 0.2) is 0 Å². The van der Waals surface area contributed by atoms with Crippen LogP contribution in [0.15, 0.2) is 0 Å². The molecule has 1 aliphatic rings. The fourth-order valence-corrected chi connectivity index (χ4v) is 2.73. The van der Waals surface area contributed by atoms with E-state index in [-0.39, 0.29) is 12.2 Å². The standard InChI is InChI=1S/C13H26O2/c1-10(2)13(15-3)12(14)11-8-6-4-5-7-9-11/h10-14H,4-9H2,1-3H3. The predicted molar refractivity (Wildman–Crippen MR) is 62.8 cm³/mol. The first-order valence-electron chi connectivity index (χ1n) is 6.37. The molecule has 2 heteroatoms. The Morgan fingerprint density at radius 2 is 1.60 bits per heavy atom. The number of aliphatic hydroxyl groups is 1. The summed E-state index contributed by atoms with van der Waals surface area (Å²) >= 11 is 0. The average molecular weight is 214 g/mol. The van der Waals surface area contributed by atoms with Crippen molar-refractivity contribution >= 4 is 0 Å². The SMILES string of the molecule is COC(C(C)C)C(O)C1CCCCCC1. The van der Waals surface area contributed by atoms with E-state index in [4.69, 9.17) is 4.74 Å². The maximum absolute atomic E-state index is 10.3. The first-order valence-corrected chi connectivity index (χ1v) is 6.37. The van der Waals surface area contributed by atoms with Crippen molar-refractivity contribution in [3.8, 4) is 0 Å². The van der Waals surface area contributed by atoms with Gasteiger partial charge in [-0.25, -0.2) is 0 Å². The van der Waals surface area contributed by atoms with E-state index < -0.39 is 0 Å². The van der Waals surface area contributed by atoms with Crippen LogP contribution >= 0.6 is 0 Å². The fraction of sp³-hybridized carbons (Fsp3) is 1.00. The van der Waals surface area contributed by atoms with Crippen LogP contribution in [0.5, 0.6) is 0 Å². The van der Waals surface area contributed by atoms with Crippen LogP contribution in [0.2, 0.25) is 0 Å². The van der Waals surface area contributed by atoms with E-state index in [1.54, 1.807) is 7.11 Å². The summed E-state index contributed by atoms with van der Waals surface area (Å²) in [5, 5.41) is 10.3. The lowest BCUT2D eigenvalue weighted by molar-refractivity contribution is -0.0665. The van der Waals surface area contributed by atoms with Gasteiger partial charge in [-0.05, 0) is 24.7 Å². The van der Waals surface area contributed by atoms with Gasteiger partial charge in [0.05, 0.1) is 12.2 Å². The Hall–Kier alpha value is -0.0800. The van der Waals surface area contributed by atoms with Gasteiger partial charge in [-0.1, -0.05) is 39.5 Å². The second-order valence-electron chi connectivity index (χ2n) is 5.19. The lowest BCUT2D eigenvalue weighted by Crippen LogP contribution is -2.38. The van der Waals surface area contributed by atoms with Crippen molar-refractivity contribution in [2.24, 2.45) is 11.8 Å². The fourth-order valence-electron chi connectivity index (χ4n) is 2.73. The molecule has 2 atom stereocenters. The summed E-state index contributed by atoms with van der Waals surface area (Å²) in [6, 6.07) is 0. The molecule has 1 aliphatic carbocycles. The van der Waals surface area contributed by atoms with Crippen molar-refractivity contribution in [3.63, 3.8) is 0 Å². The van der Waals surface area contributed by atoms with E-state index in [0.717, 1.165) is 0 Å². The Balaban J connectivity index is 2.51. The number of hydrogen-bond acceptors (Lipinski definition) is 2. The monoisotopic (exact) mass is 214 g/mol. The highest BCUT2D eigenvalue weighted by Crippen LogP contribution is 2.29. The summed E-state index contributed by atoms with van der Waals surface area (Å²) in [6.45, 7) is 4.24. The summed E-state index contributed by atoms with van der Waals surface area (Å²) in [7, 11) is 1.71. The second-order valence-corrected chi connectivity index (χ2v) is 5.19. The molecule has 0 aromatic heterocycles. The number of hydrogen-bond donors (Lipinski definition) is 1. The highest BCUT2D eigenvalue weighted by atomic mass is 16.5. The normalized spacial score (nSPS) is 23.8. The minimum atomic E-state index is -0.270. The zero-order chi connectivity index (χ0) is 11.3. The first-order chi connectivity index (χ1) is 7.16. The van der Waals surface area contributed by atoms with Crippen LogP contribution in [0.25, 0.3) is 0 Å². The molecule has 0 radical (unpaired) electrons. The van der Waals surface area contributed by atoms with Crippen LogP contribution in [0.4, 0.5) is 0 Å². The molecule has 0 aromatic rings. The zero-order valence-electron chi connectivity index (χ0n) is 10.4. The van der Waals surface area contributed by atoms with Crippen molar-refractivity contribution in [1.82, 2.24) is 0 Å². The third-order valence-corrected chi connectivity index (χ3v) is 3.65. The first kappa shape index (κ1) is 13.0. The molecule has 0 spiro atoms. The number of methoxy groups -OCH3 is 1. The Bertz CT molecular complexity index is 160.